The van der Waals surface area contributed by atoms with Gasteiger partial charge in [-0.15, -0.1) is 0 Å². The second kappa shape index (κ2) is 7.61. The van der Waals surface area contributed by atoms with Crippen LogP contribution in [-0.4, -0.2) is 12.0 Å². The Morgan fingerprint density at radius 2 is 1.68 bits per heavy atom. The highest BCUT2D eigenvalue weighted by Crippen LogP contribution is 2.15. The molecule has 0 aromatic heterocycles. The first kappa shape index (κ1) is 16.0. The van der Waals surface area contributed by atoms with Gasteiger partial charge in [0, 0.05) is 12.2 Å². The van der Waals surface area contributed by atoms with Crippen LogP contribution in [0.2, 0.25) is 0 Å². The zero-order valence-electron chi connectivity index (χ0n) is 13.0. The van der Waals surface area contributed by atoms with Crippen LogP contribution in [-0.2, 0) is 17.8 Å². The molecule has 1 amide bonds. The highest BCUT2D eigenvalue weighted by Gasteiger charge is 2.14. The van der Waals surface area contributed by atoms with Gasteiger partial charge in [0.25, 0.3) is 5.91 Å². The number of hydrogen-bond donors (Lipinski definition) is 2. The van der Waals surface area contributed by atoms with Crippen LogP contribution < -0.4 is 15.8 Å². The number of benzene rings is 2. The number of ether oxygens (including phenoxy) is 1. The average molecular weight is 298 g/mol. The summed E-state index contributed by atoms with van der Waals surface area (Å²) in [5.41, 5.74) is 8.55. The minimum absolute atomic E-state index is 0.180. The fourth-order valence-electron chi connectivity index (χ4n) is 2.03. The van der Waals surface area contributed by atoms with E-state index in [0.29, 0.717) is 12.3 Å². The molecule has 1 atom stereocenters. The standard InChI is InChI=1S/C18H22N2O2/c1-3-14-6-10-17(11-7-14)22-13(2)18(21)20-16-8-4-15(12-19)5-9-16/h4-11,13H,3,12,19H2,1-2H3,(H,20,21). The summed E-state index contributed by atoms with van der Waals surface area (Å²) in [4.78, 5) is 12.1. The zero-order chi connectivity index (χ0) is 15.9. The molecule has 2 rings (SSSR count). The van der Waals surface area contributed by atoms with E-state index < -0.39 is 6.10 Å². The maximum Gasteiger partial charge on any atom is 0.265 e. The second-order valence-corrected chi connectivity index (χ2v) is 5.15. The Bertz CT molecular complexity index is 606. The van der Waals surface area contributed by atoms with Gasteiger partial charge in [0.05, 0.1) is 0 Å². The van der Waals surface area contributed by atoms with Gasteiger partial charge in [-0.05, 0) is 48.7 Å². The lowest BCUT2D eigenvalue weighted by Crippen LogP contribution is -2.30. The third-order valence-corrected chi connectivity index (χ3v) is 3.47. The maximum absolute atomic E-state index is 12.1. The van der Waals surface area contributed by atoms with Crippen molar-refractivity contribution >= 4 is 11.6 Å². The monoisotopic (exact) mass is 298 g/mol. The van der Waals surface area contributed by atoms with Crippen molar-refractivity contribution in [2.75, 3.05) is 5.32 Å². The quantitative estimate of drug-likeness (QED) is 0.861. The first-order valence-electron chi connectivity index (χ1n) is 7.48. The molecular formula is C18H22N2O2. The molecule has 0 bridgehead atoms. The van der Waals surface area contributed by atoms with E-state index in [4.69, 9.17) is 10.5 Å². The molecule has 0 aliphatic rings. The lowest BCUT2D eigenvalue weighted by atomic mass is 10.2. The predicted molar refractivity (Wildman–Crippen MR) is 88.9 cm³/mol. The largest absolute Gasteiger partial charge is 0.481 e. The van der Waals surface area contributed by atoms with Gasteiger partial charge in [-0.3, -0.25) is 4.79 Å². The number of anilines is 1. The van der Waals surface area contributed by atoms with Gasteiger partial charge in [-0.1, -0.05) is 31.2 Å². The van der Waals surface area contributed by atoms with Gasteiger partial charge in [-0.25, -0.2) is 0 Å². The number of rotatable bonds is 6. The molecule has 0 fully saturated rings. The van der Waals surface area contributed by atoms with E-state index in [1.165, 1.54) is 5.56 Å². The fraction of sp³-hybridized carbons (Fsp3) is 0.278. The van der Waals surface area contributed by atoms with Gasteiger partial charge in [-0.2, -0.15) is 0 Å². The lowest BCUT2D eigenvalue weighted by molar-refractivity contribution is -0.122. The smallest absolute Gasteiger partial charge is 0.265 e. The minimum Gasteiger partial charge on any atom is -0.481 e. The van der Waals surface area contributed by atoms with Gasteiger partial charge < -0.3 is 15.8 Å². The van der Waals surface area contributed by atoms with Crippen molar-refractivity contribution < 1.29 is 9.53 Å². The van der Waals surface area contributed by atoms with E-state index in [0.717, 1.165) is 17.7 Å². The molecular weight excluding hydrogens is 276 g/mol. The number of hydrogen-bond acceptors (Lipinski definition) is 3. The fourth-order valence-corrected chi connectivity index (χ4v) is 2.03. The van der Waals surface area contributed by atoms with E-state index >= 15 is 0 Å². The van der Waals surface area contributed by atoms with Crippen molar-refractivity contribution in [3.63, 3.8) is 0 Å². The molecule has 0 heterocycles. The number of carbonyl (C=O) groups excluding carboxylic acids is 1. The Labute approximate surface area is 131 Å². The molecule has 22 heavy (non-hydrogen) atoms. The average Bonchev–Trinajstić information content (AvgIpc) is 2.56. The van der Waals surface area contributed by atoms with Crippen molar-refractivity contribution in [3.8, 4) is 5.75 Å². The van der Waals surface area contributed by atoms with E-state index in [2.05, 4.69) is 12.2 Å². The molecule has 1 unspecified atom stereocenters. The number of aryl methyl sites for hydroxylation is 1. The van der Waals surface area contributed by atoms with Crippen LogP contribution in [0.15, 0.2) is 48.5 Å². The maximum atomic E-state index is 12.1. The number of amides is 1. The van der Waals surface area contributed by atoms with Gasteiger partial charge in [0.2, 0.25) is 0 Å². The summed E-state index contributed by atoms with van der Waals surface area (Å²) < 4.78 is 5.66. The van der Waals surface area contributed by atoms with Gasteiger partial charge in [0.1, 0.15) is 5.75 Å². The molecule has 2 aromatic rings. The normalized spacial score (nSPS) is 11.8. The zero-order valence-corrected chi connectivity index (χ0v) is 13.0. The van der Waals surface area contributed by atoms with E-state index in [1.54, 1.807) is 6.92 Å². The molecule has 0 aliphatic heterocycles. The van der Waals surface area contributed by atoms with Gasteiger partial charge >= 0.3 is 0 Å². The summed E-state index contributed by atoms with van der Waals surface area (Å²) in [5, 5.41) is 2.83. The van der Waals surface area contributed by atoms with Crippen molar-refractivity contribution in [3.05, 3.63) is 59.7 Å². The van der Waals surface area contributed by atoms with Crippen LogP contribution in [0.1, 0.15) is 25.0 Å². The molecule has 0 spiro atoms. The number of nitrogens with one attached hydrogen (secondary N) is 1. The molecule has 0 aliphatic carbocycles. The topological polar surface area (TPSA) is 64.3 Å². The van der Waals surface area contributed by atoms with E-state index in [1.807, 2.05) is 48.5 Å². The Morgan fingerprint density at radius 1 is 1.09 bits per heavy atom. The Balaban J connectivity index is 1.92. The molecule has 0 saturated heterocycles. The highest BCUT2D eigenvalue weighted by molar-refractivity contribution is 5.94. The number of carbonyl (C=O) groups is 1. The highest BCUT2D eigenvalue weighted by atomic mass is 16.5. The second-order valence-electron chi connectivity index (χ2n) is 5.15. The van der Waals surface area contributed by atoms with E-state index in [-0.39, 0.29) is 5.91 Å². The molecule has 4 heteroatoms. The van der Waals surface area contributed by atoms with Crippen LogP contribution >= 0.6 is 0 Å². The van der Waals surface area contributed by atoms with Gasteiger partial charge in [0.15, 0.2) is 6.10 Å². The molecule has 3 N–H and O–H groups in total. The summed E-state index contributed by atoms with van der Waals surface area (Å²) in [6, 6.07) is 15.2. The molecule has 116 valence electrons. The molecule has 2 aromatic carbocycles. The summed E-state index contributed by atoms with van der Waals surface area (Å²) >= 11 is 0. The Hall–Kier alpha value is -2.33. The summed E-state index contributed by atoms with van der Waals surface area (Å²) in [7, 11) is 0. The first-order valence-corrected chi connectivity index (χ1v) is 7.48. The summed E-state index contributed by atoms with van der Waals surface area (Å²) in [5.74, 6) is 0.512. The first-order chi connectivity index (χ1) is 10.6. The van der Waals surface area contributed by atoms with E-state index in [9.17, 15) is 4.79 Å². The summed E-state index contributed by atoms with van der Waals surface area (Å²) in [6.45, 7) is 4.32. The van der Waals surface area contributed by atoms with Crippen LogP contribution in [0, 0.1) is 0 Å². The SMILES string of the molecule is CCc1ccc(OC(C)C(=O)Nc2ccc(CN)cc2)cc1. The number of nitrogens with two attached hydrogens (primary N) is 1. The third kappa shape index (κ3) is 4.33. The molecule has 0 radical (unpaired) electrons. The van der Waals surface area contributed by atoms with Crippen LogP contribution in [0.25, 0.3) is 0 Å². The molecule has 0 saturated carbocycles. The van der Waals surface area contributed by atoms with Crippen molar-refractivity contribution in [1.29, 1.82) is 0 Å². The van der Waals surface area contributed by atoms with Crippen molar-refractivity contribution in [2.24, 2.45) is 5.73 Å². The summed E-state index contributed by atoms with van der Waals surface area (Å²) in [6.07, 6.45) is 0.413. The Morgan fingerprint density at radius 3 is 2.23 bits per heavy atom. The minimum atomic E-state index is -0.568. The Kier molecular flexibility index (Phi) is 5.55. The van der Waals surface area contributed by atoms with Crippen molar-refractivity contribution in [1.82, 2.24) is 0 Å². The van der Waals surface area contributed by atoms with Crippen molar-refractivity contribution in [2.45, 2.75) is 32.9 Å². The van der Waals surface area contributed by atoms with Crippen LogP contribution in [0.5, 0.6) is 5.75 Å². The predicted octanol–water partition coefficient (Wildman–Crippen LogP) is 3.11. The van der Waals surface area contributed by atoms with Crippen LogP contribution in [0.3, 0.4) is 0 Å². The lowest BCUT2D eigenvalue weighted by Gasteiger charge is -2.15. The molecule has 4 nitrogen and oxygen atoms in total. The van der Waals surface area contributed by atoms with Crippen LogP contribution in [0.4, 0.5) is 5.69 Å². The third-order valence-electron chi connectivity index (χ3n) is 3.47.